The normalized spacial score (nSPS) is 11.9. The number of ether oxygens (including phenoxy) is 1. The Morgan fingerprint density at radius 2 is 2.00 bits per heavy atom. The zero-order valence-corrected chi connectivity index (χ0v) is 16.3. The first kappa shape index (κ1) is 19.0. The maximum Gasteiger partial charge on any atom is 0.225 e. The first-order chi connectivity index (χ1) is 13.0. The van der Waals surface area contributed by atoms with Gasteiger partial charge in [0.15, 0.2) is 0 Å². The van der Waals surface area contributed by atoms with Crippen molar-refractivity contribution >= 4 is 17.5 Å². The molecule has 0 saturated heterocycles. The number of hydrogen-bond acceptors (Lipinski definition) is 3. The molecule has 0 unspecified atom stereocenters. The summed E-state index contributed by atoms with van der Waals surface area (Å²) in [5.41, 5.74) is 2.85. The largest absolute Gasteiger partial charge is 0.496 e. The number of carbonyl (C=O) groups excluding carboxylic acids is 1. The Bertz CT molecular complexity index is 935. The van der Waals surface area contributed by atoms with Crippen molar-refractivity contribution in [2.45, 2.75) is 19.4 Å². The van der Waals surface area contributed by atoms with Crippen molar-refractivity contribution in [3.8, 4) is 5.75 Å². The molecule has 140 valence electrons. The van der Waals surface area contributed by atoms with Crippen LogP contribution in [0, 0.1) is 6.92 Å². The Hall–Kier alpha value is -2.79. The molecule has 5 nitrogen and oxygen atoms in total. The predicted molar refractivity (Wildman–Crippen MR) is 106 cm³/mol. The summed E-state index contributed by atoms with van der Waals surface area (Å²) < 4.78 is 7.28. The highest BCUT2D eigenvalue weighted by Crippen LogP contribution is 2.24. The number of halogens is 1. The van der Waals surface area contributed by atoms with Crippen LogP contribution < -0.4 is 10.1 Å². The van der Waals surface area contributed by atoms with Crippen molar-refractivity contribution < 1.29 is 9.53 Å². The van der Waals surface area contributed by atoms with Gasteiger partial charge in [0.2, 0.25) is 5.91 Å². The molecule has 1 heterocycles. The van der Waals surface area contributed by atoms with Crippen molar-refractivity contribution in [2.75, 3.05) is 7.11 Å². The number of nitrogens with zero attached hydrogens (tertiary/aromatic N) is 2. The smallest absolute Gasteiger partial charge is 0.225 e. The van der Waals surface area contributed by atoms with E-state index in [2.05, 4.69) is 10.3 Å². The standard InChI is InChI=1S/C21H22ClN3O2/c1-14-4-9-18(27-3)16(12-14)13-19(26)24-20(21-23-10-11-25(21)2)15-5-7-17(22)8-6-15/h4-12,20H,13H2,1-3H3,(H,24,26)/t20-/m1/s1. The number of nitrogens with one attached hydrogen (secondary N) is 1. The monoisotopic (exact) mass is 383 g/mol. The van der Waals surface area contributed by atoms with Crippen molar-refractivity contribution in [1.82, 2.24) is 14.9 Å². The van der Waals surface area contributed by atoms with Gasteiger partial charge in [0, 0.05) is 30.0 Å². The minimum Gasteiger partial charge on any atom is -0.496 e. The molecule has 2 aromatic carbocycles. The summed E-state index contributed by atoms with van der Waals surface area (Å²) in [5.74, 6) is 1.35. The minimum atomic E-state index is -0.370. The Labute approximate surface area is 164 Å². The fourth-order valence-corrected chi connectivity index (χ4v) is 3.16. The van der Waals surface area contributed by atoms with Crippen LogP contribution in [0.1, 0.15) is 28.6 Å². The Kier molecular flexibility index (Phi) is 5.81. The van der Waals surface area contributed by atoms with Crippen LogP contribution in [0.15, 0.2) is 54.9 Å². The molecule has 0 fully saturated rings. The van der Waals surface area contributed by atoms with Crippen LogP contribution in [0.3, 0.4) is 0 Å². The van der Waals surface area contributed by atoms with E-state index in [1.165, 1.54) is 0 Å². The summed E-state index contributed by atoms with van der Waals surface area (Å²) in [6.45, 7) is 1.99. The third kappa shape index (κ3) is 4.49. The van der Waals surface area contributed by atoms with Gasteiger partial charge < -0.3 is 14.6 Å². The molecule has 0 spiro atoms. The summed E-state index contributed by atoms with van der Waals surface area (Å²) in [6.07, 6.45) is 3.79. The van der Waals surface area contributed by atoms with Gasteiger partial charge in [-0.25, -0.2) is 4.98 Å². The number of hydrogen-bond donors (Lipinski definition) is 1. The number of amides is 1. The predicted octanol–water partition coefficient (Wildman–Crippen LogP) is 3.84. The molecule has 1 N–H and O–H groups in total. The van der Waals surface area contributed by atoms with E-state index in [4.69, 9.17) is 16.3 Å². The molecule has 0 bridgehead atoms. The van der Waals surface area contributed by atoms with Crippen LogP contribution >= 0.6 is 11.6 Å². The molecule has 27 heavy (non-hydrogen) atoms. The third-order valence-electron chi connectivity index (χ3n) is 4.41. The van der Waals surface area contributed by atoms with E-state index in [9.17, 15) is 4.79 Å². The van der Waals surface area contributed by atoms with E-state index in [-0.39, 0.29) is 18.4 Å². The summed E-state index contributed by atoms with van der Waals surface area (Å²) in [4.78, 5) is 17.2. The van der Waals surface area contributed by atoms with Gasteiger partial charge in [-0.3, -0.25) is 4.79 Å². The minimum absolute atomic E-state index is 0.109. The van der Waals surface area contributed by atoms with Gasteiger partial charge >= 0.3 is 0 Å². The fraction of sp³-hybridized carbons (Fsp3) is 0.238. The van der Waals surface area contributed by atoms with Gasteiger partial charge in [-0.15, -0.1) is 0 Å². The Morgan fingerprint density at radius 1 is 1.26 bits per heavy atom. The number of benzene rings is 2. The SMILES string of the molecule is COc1ccc(C)cc1CC(=O)N[C@H](c1ccc(Cl)cc1)c1nccn1C. The topological polar surface area (TPSA) is 56.1 Å². The number of carbonyl (C=O) groups is 1. The number of methoxy groups -OCH3 is 1. The molecule has 3 rings (SSSR count). The highest BCUT2D eigenvalue weighted by Gasteiger charge is 2.21. The molecule has 0 aliphatic carbocycles. The van der Waals surface area contributed by atoms with E-state index in [0.29, 0.717) is 10.8 Å². The quantitative estimate of drug-likeness (QED) is 0.703. The second-order valence-electron chi connectivity index (χ2n) is 6.44. The highest BCUT2D eigenvalue weighted by atomic mass is 35.5. The number of aryl methyl sites for hydroxylation is 2. The lowest BCUT2D eigenvalue weighted by Gasteiger charge is -2.20. The van der Waals surface area contributed by atoms with E-state index in [0.717, 1.165) is 22.5 Å². The molecule has 0 aliphatic rings. The lowest BCUT2D eigenvalue weighted by atomic mass is 10.0. The molecule has 0 radical (unpaired) electrons. The first-order valence-electron chi connectivity index (χ1n) is 8.63. The van der Waals surface area contributed by atoms with Gasteiger partial charge in [0.1, 0.15) is 17.6 Å². The molecule has 0 aliphatic heterocycles. The molecular formula is C21H22ClN3O2. The first-order valence-corrected chi connectivity index (χ1v) is 9.01. The summed E-state index contributed by atoms with van der Waals surface area (Å²) in [6, 6.07) is 12.9. The third-order valence-corrected chi connectivity index (χ3v) is 4.66. The van der Waals surface area contributed by atoms with Crippen LogP contribution in [0.2, 0.25) is 5.02 Å². The summed E-state index contributed by atoms with van der Waals surface area (Å²) in [7, 11) is 3.51. The van der Waals surface area contributed by atoms with E-state index in [1.807, 2.05) is 67.2 Å². The van der Waals surface area contributed by atoms with Crippen LogP contribution in [-0.2, 0) is 18.3 Å². The van der Waals surface area contributed by atoms with Crippen molar-refractivity contribution in [2.24, 2.45) is 7.05 Å². The Balaban J connectivity index is 1.86. The van der Waals surface area contributed by atoms with Crippen LogP contribution in [0.25, 0.3) is 0 Å². The van der Waals surface area contributed by atoms with E-state index in [1.54, 1.807) is 13.3 Å². The Morgan fingerprint density at radius 3 is 2.63 bits per heavy atom. The molecule has 3 aromatic rings. The number of aromatic nitrogens is 2. The van der Waals surface area contributed by atoms with Crippen molar-refractivity contribution in [3.05, 3.63) is 82.4 Å². The van der Waals surface area contributed by atoms with Gasteiger partial charge in [-0.05, 0) is 30.7 Å². The maximum atomic E-state index is 12.8. The van der Waals surface area contributed by atoms with Crippen LogP contribution in [-0.4, -0.2) is 22.6 Å². The highest BCUT2D eigenvalue weighted by molar-refractivity contribution is 6.30. The average molecular weight is 384 g/mol. The second-order valence-corrected chi connectivity index (χ2v) is 6.88. The van der Waals surface area contributed by atoms with Crippen LogP contribution in [0.5, 0.6) is 5.75 Å². The maximum absolute atomic E-state index is 12.8. The molecule has 1 atom stereocenters. The van der Waals surface area contributed by atoms with Crippen LogP contribution in [0.4, 0.5) is 0 Å². The number of imidazole rings is 1. The van der Waals surface area contributed by atoms with Gasteiger partial charge in [0.05, 0.1) is 13.5 Å². The number of rotatable bonds is 6. The molecular weight excluding hydrogens is 362 g/mol. The summed E-state index contributed by atoms with van der Waals surface area (Å²) in [5, 5.41) is 3.74. The zero-order chi connectivity index (χ0) is 19.4. The van der Waals surface area contributed by atoms with Gasteiger partial charge in [-0.1, -0.05) is 41.4 Å². The van der Waals surface area contributed by atoms with E-state index >= 15 is 0 Å². The fourth-order valence-electron chi connectivity index (χ4n) is 3.04. The average Bonchev–Trinajstić information content (AvgIpc) is 3.06. The van der Waals surface area contributed by atoms with Gasteiger partial charge in [-0.2, -0.15) is 0 Å². The second kappa shape index (κ2) is 8.27. The van der Waals surface area contributed by atoms with Crippen molar-refractivity contribution in [1.29, 1.82) is 0 Å². The zero-order valence-electron chi connectivity index (χ0n) is 15.6. The lowest BCUT2D eigenvalue weighted by Crippen LogP contribution is -2.32. The van der Waals surface area contributed by atoms with Crippen molar-refractivity contribution in [3.63, 3.8) is 0 Å². The molecule has 0 saturated carbocycles. The lowest BCUT2D eigenvalue weighted by molar-refractivity contribution is -0.121. The van der Waals surface area contributed by atoms with E-state index < -0.39 is 0 Å². The molecule has 1 amide bonds. The molecule has 1 aromatic heterocycles. The molecule has 6 heteroatoms. The van der Waals surface area contributed by atoms with Gasteiger partial charge in [0.25, 0.3) is 0 Å². The summed E-state index contributed by atoms with van der Waals surface area (Å²) >= 11 is 6.01.